The lowest BCUT2D eigenvalue weighted by molar-refractivity contribution is 0.0685. The van der Waals surface area contributed by atoms with Crippen molar-refractivity contribution in [3.8, 4) is 0 Å². The Kier molecular flexibility index (Phi) is 4.27. The van der Waals surface area contributed by atoms with Gasteiger partial charge < -0.3 is 4.90 Å². The molecule has 1 aliphatic heterocycles. The Morgan fingerprint density at radius 1 is 1.69 bits per heavy atom. The molecule has 1 saturated heterocycles. The molecule has 0 spiro atoms. The number of nitrogens with zero attached hydrogens (tertiary/aromatic N) is 1. The zero-order chi connectivity index (χ0) is 11.5. The van der Waals surface area contributed by atoms with Gasteiger partial charge in [-0.25, -0.2) is 0 Å². The summed E-state index contributed by atoms with van der Waals surface area (Å²) in [6.07, 6.45) is 2.20. The molecule has 88 valence electrons. The number of amides is 1. The standard InChI is InChI=1S/C11H13BrClNOS/c12-10-4-9(7-16-10)11(15)14-3-1-2-8(5-13)6-14/h4,7-8H,1-3,5-6H2. The summed E-state index contributed by atoms with van der Waals surface area (Å²) in [6.45, 7) is 1.66. The van der Waals surface area contributed by atoms with E-state index in [1.807, 2.05) is 16.3 Å². The number of thiophene rings is 1. The topological polar surface area (TPSA) is 20.3 Å². The average Bonchev–Trinajstić information content (AvgIpc) is 2.75. The summed E-state index contributed by atoms with van der Waals surface area (Å²) in [4.78, 5) is 14.1. The van der Waals surface area contributed by atoms with E-state index in [-0.39, 0.29) is 5.91 Å². The molecule has 0 bridgehead atoms. The maximum Gasteiger partial charge on any atom is 0.254 e. The highest BCUT2D eigenvalue weighted by Gasteiger charge is 2.24. The van der Waals surface area contributed by atoms with E-state index in [2.05, 4.69) is 15.9 Å². The number of carbonyl (C=O) groups is 1. The molecule has 1 amide bonds. The van der Waals surface area contributed by atoms with Crippen molar-refractivity contribution in [3.63, 3.8) is 0 Å². The van der Waals surface area contributed by atoms with Crippen molar-refractivity contribution in [2.45, 2.75) is 12.8 Å². The van der Waals surface area contributed by atoms with Gasteiger partial charge in [0.05, 0.1) is 9.35 Å². The number of rotatable bonds is 2. The summed E-state index contributed by atoms with van der Waals surface area (Å²) < 4.78 is 1.00. The van der Waals surface area contributed by atoms with Crippen LogP contribution in [0.1, 0.15) is 23.2 Å². The first kappa shape index (κ1) is 12.4. The SMILES string of the molecule is O=C(c1csc(Br)c1)N1CCCC(CCl)C1. The Bertz CT molecular complexity index is 382. The van der Waals surface area contributed by atoms with Crippen LogP contribution in [0.25, 0.3) is 0 Å². The third kappa shape index (κ3) is 2.79. The van der Waals surface area contributed by atoms with Crippen molar-refractivity contribution in [1.82, 2.24) is 4.90 Å². The van der Waals surface area contributed by atoms with Crippen LogP contribution in [0.5, 0.6) is 0 Å². The average molecular weight is 323 g/mol. The first-order valence-electron chi connectivity index (χ1n) is 5.30. The maximum atomic E-state index is 12.1. The molecule has 0 radical (unpaired) electrons. The molecule has 1 unspecified atom stereocenters. The van der Waals surface area contributed by atoms with E-state index >= 15 is 0 Å². The van der Waals surface area contributed by atoms with Crippen LogP contribution in [0, 0.1) is 5.92 Å². The Morgan fingerprint density at radius 2 is 2.50 bits per heavy atom. The first-order valence-corrected chi connectivity index (χ1v) is 7.50. The molecular weight excluding hydrogens is 310 g/mol. The summed E-state index contributed by atoms with van der Waals surface area (Å²) in [5.41, 5.74) is 0.784. The van der Waals surface area contributed by atoms with Crippen molar-refractivity contribution in [1.29, 1.82) is 0 Å². The van der Waals surface area contributed by atoms with Gasteiger partial charge in [0, 0.05) is 24.3 Å². The van der Waals surface area contributed by atoms with Crippen LogP contribution in [0.3, 0.4) is 0 Å². The predicted octanol–water partition coefficient (Wildman–Crippen LogP) is 3.60. The largest absolute Gasteiger partial charge is 0.338 e. The van der Waals surface area contributed by atoms with Crippen molar-refractivity contribution < 1.29 is 4.79 Å². The number of halogens is 2. The number of hydrogen-bond acceptors (Lipinski definition) is 2. The molecule has 1 aromatic rings. The molecule has 5 heteroatoms. The van der Waals surface area contributed by atoms with Crippen LogP contribution < -0.4 is 0 Å². The summed E-state index contributed by atoms with van der Waals surface area (Å²) >= 11 is 10.8. The molecule has 0 saturated carbocycles. The quantitative estimate of drug-likeness (QED) is 0.762. The fourth-order valence-corrected chi connectivity index (χ4v) is 3.36. The fourth-order valence-electron chi connectivity index (χ4n) is 1.98. The van der Waals surface area contributed by atoms with Crippen molar-refractivity contribution in [3.05, 3.63) is 20.8 Å². The van der Waals surface area contributed by atoms with Crippen LogP contribution in [0.4, 0.5) is 0 Å². The Labute approximate surface area is 113 Å². The molecule has 16 heavy (non-hydrogen) atoms. The van der Waals surface area contributed by atoms with Crippen LogP contribution in [0.15, 0.2) is 15.2 Å². The maximum absolute atomic E-state index is 12.1. The summed E-state index contributed by atoms with van der Waals surface area (Å²) in [5.74, 6) is 1.25. The predicted molar refractivity (Wildman–Crippen MR) is 71.4 cm³/mol. The second kappa shape index (κ2) is 5.52. The highest BCUT2D eigenvalue weighted by Crippen LogP contribution is 2.24. The number of hydrogen-bond donors (Lipinski definition) is 0. The minimum absolute atomic E-state index is 0.136. The van der Waals surface area contributed by atoms with Crippen LogP contribution in [-0.2, 0) is 0 Å². The second-order valence-electron chi connectivity index (χ2n) is 4.05. The minimum Gasteiger partial charge on any atom is -0.338 e. The van der Waals surface area contributed by atoms with E-state index in [0.29, 0.717) is 11.8 Å². The molecule has 0 N–H and O–H groups in total. The van der Waals surface area contributed by atoms with Gasteiger partial charge in [0.1, 0.15) is 0 Å². The van der Waals surface area contributed by atoms with E-state index in [1.165, 1.54) is 0 Å². The molecule has 0 aromatic carbocycles. The van der Waals surface area contributed by atoms with Gasteiger partial charge in [0.2, 0.25) is 0 Å². The molecule has 1 atom stereocenters. The monoisotopic (exact) mass is 321 g/mol. The number of alkyl halides is 1. The van der Waals surface area contributed by atoms with Gasteiger partial charge in [-0.2, -0.15) is 0 Å². The number of piperidine rings is 1. The van der Waals surface area contributed by atoms with Gasteiger partial charge in [-0.15, -0.1) is 22.9 Å². The lowest BCUT2D eigenvalue weighted by atomic mass is 9.99. The second-order valence-corrected chi connectivity index (χ2v) is 6.65. The van der Waals surface area contributed by atoms with Gasteiger partial charge in [0.15, 0.2) is 0 Å². The summed E-state index contributed by atoms with van der Waals surface area (Å²) in [5, 5.41) is 1.90. The van der Waals surface area contributed by atoms with Gasteiger partial charge in [-0.05, 0) is 40.8 Å². The first-order chi connectivity index (χ1) is 7.70. The zero-order valence-electron chi connectivity index (χ0n) is 8.79. The Morgan fingerprint density at radius 3 is 3.12 bits per heavy atom. The van der Waals surface area contributed by atoms with Crippen molar-refractivity contribution >= 4 is 44.8 Å². The van der Waals surface area contributed by atoms with Crippen molar-refractivity contribution in [2.75, 3.05) is 19.0 Å². The zero-order valence-corrected chi connectivity index (χ0v) is 11.9. The highest BCUT2D eigenvalue weighted by molar-refractivity contribution is 9.11. The molecule has 1 aliphatic rings. The lowest BCUT2D eigenvalue weighted by Gasteiger charge is -2.31. The number of carbonyl (C=O) groups excluding carboxylic acids is 1. The van der Waals surface area contributed by atoms with Gasteiger partial charge >= 0.3 is 0 Å². The summed E-state index contributed by atoms with van der Waals surface area (Å²) in [7, 11) is 0. The molecule has 2 rings (SSSR count). The normalized spacial score (nSPS) is 21.1. The van der Waals surface area contributed by atoms with Crippen LogP contribution in [0.2, 0.25) is 0 Å². The smallest absolute Gasteiger partial charge is 0.254 e. The highest BCUT2D eigenvalue weighted by atomic mass is 79.9. The fraction of sp³-hybridized carbons (Fsp3) is 0.545. The number of likely N-dealkylation sites (tertiary alicyclic amines) is 1. The molecule has 0 aliphatic carbocycles. The van der Waals surface area contributed by atoms with E-state index < -0.39 is 0 Å². The van der Waals surface area contributed by atoms with Crippen LogP contribution >= 0.6 is 38.9 Å². The third-order valence-electron chi connectivity index (χ3n) is 2.84. The lowest BCUT2D eigenvalue weighted by Crippen LogP contribution is -2.40. The summed E-state index contributed by atoms with van der Waals surface area (Å²) in [6, 6.07) is 1.89. The Hall–Kier alpha value is -0.0600. The van der Waals surface area contributed by atoms with Gasteiger partial charge in [-0.1, -0.05) is 0 Å². The Balaban J connectivity index is 2.04. The third-order valence-corrected chi connectivity index (χ3v) is 4.78. The minimum atomic E-state index is 0.136. The molecule has 2 nitrogen and oxygen atoms in total. The molecule has 1 fully saturated rings. The molecular formula is C11H13BrClNOS. The van der Waals surface area contributed by atoms with Crippen LogP contribution in [-0.4, -0.2) is 29.8 Å². The van der Waals surface area contributed by atoms with E-state index in [9.17, 15) is 4.79 Å². The van der Waals surface area contributed by atoms with Crippen molar-refractivity contribution in [2.24, 2.45) is 5.92 Å². The van der Waals surface area contributed by atoms with E-state index in [0.717, 1.165) is 35.3 Å². The van der Waals surface area contributed by atoms with Gasteiger partial charge in [-0.3, -0.25) is 4.79 Å². The molecule has 2 heterocycles. The molecule has 1 aromatic heterocycles. The van der Waals surface area contributed by atoms with E-state index in [1.54, 1.807) is 11.3 Å². The van der Waals surface area contributed by atoms with Gasteiger partial charge in [0.25, 0.3) is 5.91 Å². The van der Waals surface area contributed by atoms with E-state index in [4.69, 9.17) is 11.6 Å².